The predicted molar refractivity (Wildman–Crippen MR) is 109 cm³/mol. The molecule has 1 unspecified atom stereocenters. The lowest BCUT2D eigenvalue weighted by atomic mass is 9.80. The molecular formula is C22H23FN4O2. The topological polar surface area (TPSA) is 67.2 Å². The fourth-order valence-electron chi connectivity index (χ4n) is 3.89. The average Bonchev–Trinajstić information content (AvgIpc) is 3.03. The molecule has 1 aromatic heterocycles. The molecule has 0 saturated carbocycles. The molecule has 1 fully saturated rings. The van der Waals surface area contributed by atoms with E-state index in [2.05, 4.69) is 10.3 Å². The molecule has 1 N–H and O–H groups in total. The molecule has 1 aliphatic rings. The zero-order chi connectivity index (χ0) is 20.6. The quantitative estimate of drug-likeness (QED) is 0.738. The lowest BCUT2D eigenvalue weighted by molar-refractivity contribution is -0.127. The molecule has 2 heterocycles. The smallest absolute Gasteiger partial charge is 0.253 e. The van der Waals surface area contributed by atoms with Gasteiger partial charge in [-0.3, -0.25) is 14.9 Å². The monoisotopic (exact) mass is 394 g/mol. The van der Waals surface area contributed by atoms with E-state index in [-0.39, 0.29) is 17.6 Å². The summed E-state index contributed by atoms with van der Waals surface area (Å²) in [5, 5.41) is 2.88. The van der Waals surface area contributed by atoms with Crippen molar-refractivity contribution in [3.05, 3.63) is 59.9 Å². The van der Waals surface area contributed by atoms with Gasteiger partial charge < -0.3 is 9.47 Å². The van der Waals surface area contributed by atoms with Crippen molar-refractivity contribution in [2.75, 3.05) is 18.4 Å². The zero-order valence-corrected chi connectivity index (χ0v) is 16.5. The zero-order valence-electron chi connectivity index (χ0n) is 16.5. The minimum Gasteiger partial charge on any atom is -0.338 e. The van der Waals surface area contributed by atoms with Crippen molar-refractivity contribution in [2.24, 2.45) is 12.5 Å². The van der Waals surface area contributed by atoms with Gasteiger partial charge in [0.15, 0.2) is 0 Å². The number of hydrogen-bond donors (Lipinski definition) is 1. The number of likely N-dealkylation sites (tertiary alicyclic amines) is 1. The van der Waals surface area contributed by atoms with Crippen molar-refractivity contribution in [1.29, 1.82) is 0 Å². The molecule has 0 bridgehead atoms. The summed E-state index contributed by atoms with van der Waals surface area (Å²) in [6.07, 6.45) is 1.42. The van der Waals surface area contributed by atoms with Crippen LogP contribution in [0.5, 0.6) is 0 Å². The van der Waals surface area contributed by atoms with Crippen molar-refractivity contribution < 1.29 is 14.0 Å². The fraction of sp³-hybridized carbons (Fsp3) is 0.318. The van der Waals surface area contributed by atoms with Gasteiger partial charge in [-0.1, -0.05) is 18.2 Å². The minimum atomic E-state index is -0.730. The Morgan fingerprint density at radius 2 is 1.93 bits per heavy atom. The van der Waals surface area contributed by atoms with Crippen molar-refractivity contribution in [3.63, 3.8) is 0 Å². The number of amides is 2. The van der Waals surface area contributed by atoms with Gasteiger partial charge in [-0.15, -0.1) is 0 Å². The summed E-state index contributed by atoms with van der Waals surface area (Å²) >= 11 is 0. The predicted octanol–water partition coefficient (Wildman–Crippen LogP) is 3.59. The molecule has 1 aliphatic heterocycles. The normalized spacial score (nSPS) is 19.3. The summed E-state index contributed by atoms with van der Waals surface area (Å²) in [6, 6.07) is 13.4. The van der Waals surface area contributed by atoms with E-state index in [1.165, 1.54) is 12.1 Å². The summed E-state index contributed by atoms with van der Waals surface area (Å²) in [5.41, 5.74) is 1.11. The third kappa shape index (κ3) is 3.60. The first kappa shape index (κ1) is 19.1. The number of aromatic nitrogens is 2. The van der Waals surface area contributed by atoms with Crippen LogP contribution in [0.25, 0.3) is 11.0 Å². The van der Waals surface area contributed by atoms with Crippen LogP contribution in [0, 0.1) is 11.2 Å². The van der Waals surface area contributed by atoms with E-state index in [1.807, 2.05) is 25.1 Å². The second-order valence-corrected chi connectivity index (χ2v) is 7.84. The first-order chi connectivity index (χ1) is 13.9. The molecule has 7 heteroatoms. The maximum atomic E-state index is 13.5. The number of benzene rings is 2. The van der Waals surface area contributed by atoms with E-state index < -0.39 is 5.41 Å². The molecule has 2 amide bonds. The number of imidazole rings is 1. The van der Waals surface area contributed by atoms with Crippen molar-refractivity contribution in [3.8, 4) is 0 Å². The highest BCUT2D eigenvalue weighted by molar-refractivity contribution is 5.98. The Labute approximate surface area is 168 Å². The van der Waals surface area contributed by atoms with Crippen LogP contribution in [0.1, 0.15) is 30.1 Å². The number of aryl methyl sites for hydroxylation is 1. The molecular weight excluding hydrogens is 371 g/mol. The van der Waals surface area contributed by atoms with E-state index in [0.717, 1.165) is 6.42 Å². The standard InChI is InChI=1S/C22H23FN4O2/c1-22(11-6-12-27(14-22)19(28)15-7-4-3-5-8-15)20(29)25-21-24-17-10-9-16(23)13-18(17)26(21)2/h3-5,7-10,13H,6,11-12,14H2,1-2H3,(H,24,25,29). The largest absolute Gasteiger partial charge is 0.338 e. The number of anilines is 1. The van der Waals surface area contributed by atoms with Gasteiger partial charge in [-0.25, -0.2) is 9.37 Å². The van der Waals surface area contributed by atoms with Crippen LogP contribution in [0.3, 0.4) is 0 Å². The number of nitrogens with one attached hydrogen (secondary N) is 1. The van der Waals surface area contributed by atoms with Gasteiger partial charge in [-0.05, 0) is 50.1 Å². The molecule has 0 aliphatic carbocycles. The Morgan fingerprint density at radius 1 is 1.17 bits per heavy atom. The van der Waals surface area contributed by atoms with Crippen LogP contribution in [0.4, 0.5) is 10.3 Å². The fourth-order valence-corrected chi connectivity index (χ4v) is 3.89. The molecule has 1 saturated heterocycles. The number of fused-ring (bicyclic) bond motifs is 1. The molecule has 0 radical (unpaired) electrons. The second kappa shape index (κ2) is 7.31. The van der Waals surface area contributed by atoms with Crippen molar-refractivity contribution in [2.45, 2.75) is 19.8 Å². The Morgan fingerprint density at radius 3 is 2.69 bits per heavy atom. The van der Waals surface area contributed by atoms with Gasteiger partial charge in [0, 0.05) is 25.7 Å². The van der Waals surface area contributed by atoms with E-state index >= 15 is 0 Å². The van der Waals surface area contributed by atoms with Crippen molar-refractivity contribution in [1.82, 2.24) is 14.5 Å². The Balaban J connectivity index is 1.53. The highest BCUT2D eigenvalue weighted by atomic mass is 19.1. The average molecular weight is 394 g/mol. The summed E-state index contributed by atoms with van der Waals surface area (Å²) in [4.78, 5) is 32.1. The number of carbonyl (C=O) groups is 2. The Hall–Kier alpha value is -3.22. The highest BCUT2D eigenvalue weighted by Gasteiger charge is 2.40. The van der Waals surface area contributed by atoms with Gasteiger partial charge in [0.25, 0.3) is 5.91 Å². The lowest BCUT2D eigenvalue weighted by Gasteiger charge is -2.39. The number of nitrogens with zero attached hydrogens (tertiary/aromatic N) is 3. The molecule has 0 spiro atoms. The van der Waals surface area contributed by atoms with E-state index in [9.17, 15) is 14.0 Å². The third-order valence-electron chi connectivity index (χ3n) is 5.62. The number of piperidine rings is 1. The Bertz CT molecular complexity index is 1080. The molecule has 1 atom stereocenters. The van der Waals surface area contributed by atoms with Crippen LogP contribution in [-0.4, -0.2) is 39.4 Å². The molecule has 4 rings (SSSR count). The summed E-state index contributed by atoms with van der Waals surface area (Å²) in [7, 11) is 1.73. The van der Waals surface area contributed by atoms with Crippen LogP contribution >= 0.6 is 0 Å². The van der Waals surface area contributed by atoms with Crippen LogP contribution < -0.4 is 5.32 Å². The van der Waals surface area contributed by atoms with E-state index in [0.29, 0.717) is 42.1 Å². The molecule has 3 aromatic rings. The van der Waals surface area contributed by atoms with Crippen molar-refractivity contribution >= 4 is 28.8 Å². The highest BCUT2D eigenvalue weighted by Crippen LogP contribution is 2.32. The van der Waals surface area contributed by atoms with Gasteiger partial charge >= 0.3 is 0 Å². The summed E-state index contributed by atoms with van der Waals surface area (Å²) < 4.78 is 15.2. The lowest BCUT2D eigenvalue weighted by Crippen LogP contribution is -2.50. The number of rotatable bonds is 3. The van der Waals surface area contributed by atoms with E-state index in [4.69, 9.17) is 0 Å². The maximum Gasteiger partial charge on any atom is 0.253 e. The number of carbonyl (C=O) groups excluding carboxylic acids is 2. The first-order valence-electron chi connectivity index (χ1n) is 9.65. The summed E-state index contributed by atoms with van der Waals surface area (Å²) in [6.45, 7) is 2.84. The third-order valence-corrected chi connectivity index (χ3v) is 5.62. The number of hydrogen-bond acceptors (Lipinski definition) is 3. The van der Waals surface area contributed by atoms with Gasteiger partial charge in [-0.2, -0.15) is 0 Å². The minimum absolute atomic E-state index is 0.0671. The van der Waals surface area contributed by atoms with Crippen LogP contribution in [0.15, 0.2) is 48.5 Å². The van der Waals surface area contributed by atoms with Gasteiger partial charge in [0.05, 0.1) is 16.4 Å². The molecule has 29 heavy (non-hydrogen) atoms. The molecule has 6 nitrogen and oxygen atoms in total. The van der Waals surface area contributed by atoms with Gasteiger partial charge in [0.2, 0.25) is 11.9 Å². The van der Waals surface area contributed by atoms with Gasteiger partial charge in [0.1, 0.15) is 5.82 Å². The second-order valence-electron chi connectivity index (χ2n) is 7.84. The molecule has 150 valence electrons. The Kier molecular flexibility index (Phi) is 4.82. The first-order valence-corrected chi connectivity index (χ1v) is 9.65. The van der Waals surface area contributed by atoms with Crippen LogP contribution in [-0.2, 0) is 11.8 Å². The van der Waals surface area contributed by atoms with Crippen LogP contribution in [0.2, 0.25) is 0 Å². The maximum absolute atomic E-state index is 13.5. The molecule has 2 aromatic carbocycles. The SMILES string of the molecule is Cn1c(NC(=O)C2(C)CCCN(C(=O)c3ccccc3)C2)nc2ccc(F)cc21. The number of halogens is 1. The van der Waals surface area contributed by atoms with E-state index in [1.54, 1.807) is 34.7 Å². The summed E-state index contributed by atoms with van der Waals surface area (Å²) in [5.74, 6) is -0.250.